The molecular formula is C23H28N2O2. The zero-order valence-corrected chi connectivity index (χ0v) is 15.8. The third kappa shape index (κ3) is 4.33. The van der Waals surface area contributed by atoms with Gasteiger partial charge in [-0.3, -0.25) is 4.79 Å². The van der Waals surface area contributed by atoms with Crippen LogP contribution < -0.4 is 10.1 Å². The molecule has 142 valence electrons. The van der Waals surface area contributed by atoms with Gasteiger partial charge in [-0.05, 0) is 49.3 Å². The first-order chi connectivity index (χ1) is 13.3. The molecule has 4 heteroatoms. The lowest BCUT2D eigenvalue weighted by Crippen LogP contribution is -2.32. The number of aryl methyl sites for hydroxylation is 1. The molecule has 0 bridgehead atoms. The monoisotopic (exact) mass is 364 g/mol. The fraction of sp³-hybridized carbons (Fsp3) is 0.435. The van der Waals surface area contributed by atoms with E-state index in [4.69, 9.17) is 4.74 Å². The number of likely N-dealkylation sites (tertiary alicyclic amines) is 1. The van der Waals surface area contributed by atoms with Gasteiger partial charge >= 0.3 is 0 Å². The highest BCUT2D eigenvalue weighted by molar-refractivity contribution is 5.78. The summed E-state index contributed by atoms with van der Waals surface area (Å²) in [5, 5.41) is 3.70. The number of fused-ring (bicyclic) bond motifs is 1. The maximum absolute atomic E-state index is 12.3. The smallest absolute Gasteiger partial charge is 0.260 e. The van der Waals surface area contributed by atoms with Crippen molar-refractivity contribution in [2.24, 2.45) is 0 Å². The van der Waals surface area contributed by atoms with E-state index in [1.165, 1.54) is 24.0 Å². The van der Waals surface area contributed by atoms with Crippen molar-refractivity contribution >= 4 is 5.91 Å². The maximum Gasteiger partial charge on any atom is 0.260 e. The zero-order chi connectivity index (χ0) is 18.5. The normalized spacial score (nSPS) is 19.0. The molecule has 1 aliphatic carbocycles. The Morgan fingerprint density at radius 1 is 1.04 bits per heavy atom. The van der Waals surface area contributed by atoms with Gasteiger partial charge in [0.25, 0.3) is 5.91 Å². The van der Waals surface area contributed by atoms with Crippen LogP contribution in [0.2, 0.25) is 0 Å². The number of amides is 1. The molecule has 0 spiro atoms. The molecule has 4 nitrogen and oxygen atoms in total. The Morgan fingerprint density at radius 3 is 2.70 bits per heavy atom. The van der Waals surface area contributed by atoms with E-state index in [2.05, 4.69) is 35.6 Å². The quantitative estimate of drug-likeness (QED) is 0.846. The van der Waals surface area contributed by atoms with E-state index in [-0.39, 0.29) is 12.5 Å². The molecule has 1 amide bonds. The summed E-state index contributed by atoms with van der Waals surface area (Å²) in [5.74, 6) is 0.901. The SMILES string of the molecule is O=C(COc1ccccc1CNC1CCCc2ccccc21)N1CCCC1. The highest BCUT2D eigenvalue weighted by Gasteiger charge is 2.20. The van der Waals surface area contributed by atoms with Gasteiger partial charge in [0.15, 0.2) is 6.61 Å². The summed E-state index contributed by atoms with van der Waals surface area (Å²) in [7, 11) is 0. The third-order valence-electron chi connectivity index (χ3n) is 5.69. The lowest BCUT2D eigenvalue weighted by Gasteiger charge is -2.27. The number of carbonyl (C=O) groups excluding carboxylic acids is 1. The molecular weight excluding hydrogens is 336 g/mol. The van der Waals surface area contributed by atoms with Crippen LogP contribution in [0.25, 0.3) is 0 Å². The number of hydrogen-bond acceptors (Lipinski definition) is 3. The minimum absolute atomic E-state index is 0.0940. The summed E-state index contributed by atoms with van der Waals surface area (Å²) in [6, 6.07) is 17.2. The van der Waals surface area contributed by atoms with Gasteiger partial charge in [-0.25, -0.2) is 0 Å². The van der Waals surface area contributed by atoms with Crippen molar-refractivity contribution in [2.45, 2.75) is 44.7 Å². The van der Waals surface area contributed by atoms with E-state index in [9.17, 15) is 4.79 Å². The van der Waals surface area contributed by atoms with Crippen LogP contribution >= 0.6 is 0 Å². The Kier molecular flexibility index (Phi) is 5.73. The second-order valence-corrected chi connectivity index (χ2v) is 7.51. The van der Waals surface area contributed by atoms with E-state index in [0.29, 0.717) is 6.04 Å². The number of ether oxygens (including phenoxy) is 1. The van der Waals surface area contributed by atoms with Gasteiger partial charge in [-0.2, -0.15) is 0 Å². The van der Waals surface area contributed by atoms with E-state index in [1.54, 1.807) is 0 Å². The molecule has 1 aliphatic heterocycles. The molecule has 2 aromatic carbocycles. The van der Waals surface area contributed by atoms with E-state index in [1.807, 2.05) is 23.1 Å². The summed E-state index contributed by atoms with van der Waals surface area (Å²) in [5.41, 5.74) is 3.99. The van der Waals surface area contributed by atoms with Gasteiger partial charge < -0.3 is 15.0 Å². The molecule has 0 aromatic heterocycles. The van der Waals surface area contributed by atoms with Gasteiger partial charge in [0, 0.05) is 31.2 Å². The average molecular weight is 364 g/mol. The third-order valence-corrected chi connectivity index (χ3v) is 5.69. The molecule has 0 saturated carbocycles. The molecule has 4 rings (SSSR count). The first kappa shape index (κ1) is 18.1. The Hall–Kier alpha value is -2.33. The number of rotatable bonds is 6. The minimum Gasteiger partial charge on any atom is -0.483 e. The summed E-state index contributed by atoms with van der Waals surface area (Å²) < 4.78 is 5.89. The zero-order valence-electron chi connectivity index (χ0n) is 15.8. The fourth-order valence-electron chi connectivity index (χ4n) is 4.19. The number of nitrogens with one attached hydrogen (secondary N) is 1. The number of benzene rings is 2. The van der Waals surface area contributed by atoms with Crippen LogP contribution in [0, 0.1) is 0 Å². The minimum atomic E-state index is 0.0940. The van der Waals surface area contributed by atoms with Crippen LogP contribution in [-0.4, -0.2) is 30.5 Å². The fourth-order valence-corrected chi connectivity index (χ4v) is 4.19. The number of nitrogens with zero attached hydrogens (tertiary/aromatic N) is 1. The molecule has 2 aromatic rings. The van der Waals surface area contributed by atoms with E-state index < -0.39 is 0 Å². The molecule has 27 heavy (non-hydrogen) atoms. The van der Waals surface area contributed by atoms with Crippen LogP contribution in [0.5, 0.6) is 5.75 Å². The van der Waals surface area contributed by atoms with Gasteiger partial charge in [-0.1, -0.05) is 42.5 Å². The first-order valence-corrected chi connectivity index (χ1v) is 10.1. The Balaban J connectivity index is 1.38. The van der Waals surface area contributed by atoms with Crippen molar-refractivity contribution in [2.75, 3.05) is 19.7 Å². The van der Waals surface area contributed by atoms with Crippen molar-refractivity contribution < 1.29 is 9.53 Å². The second kappa shape index (κ2) is 8.57. The molecule has 1 atom stereocenters. The standard InChI is InChI=1S/C23H28N2O2/c26-23(25-14-5-6-15-25)17-27-22-13-4-2-9-19(22)16-24-21-12-7-10-18-8-1-3-11-20(18)21/h1-4,8-9,11,13,21,24H,5-7,10,12,14-17H2. The summed E-state index contributed by atoms with van der Waals surface area (Å²) in [6.07, 6.45) is 5.77. The lowest BCUT2D eigenvalue weighted by molar-refractivity contribution is -0.132. The molecule has 1 unspecified atom stereocenters. The van der Waals surface area contributed by atoms with E-state index in [0.717, 1.165) is 50.2 Å². The molecule has 1 saturated heterocycles. The van der Waals surface area contributed by atoms with Crippen LogP contribution in [-0.2, 0) is 17.8 Å². The van der Waals surface area contributed by atoms with Crippen molar-refractivity contribution in [1.82, 2.24) is 10.2 Å². The summed E-state index contributed by atoms with van der Waals surface area (Å²) in [6.45, 7) is 2.61. The summed E-state index contributed by atoms with van der Waals surface area (Å²) in [4.78, 5) is 14.2. The Labute approximate surface area is 161 Å². The number of para-hydroxylation sites is 1. The first-order valence-electron chi connectivity index (χ1n) is 10.1. The highest BCUT2D eigenvalue weighted by Crippen LogP contribution is 2.30. The predicted octanol–water partition coefficient (Wildman–Crippen LogP) is 3.86. The van der Waals surface area contributed by atoms with Crippen molar-refractivity contribution in [3.05, 3.63) is 65.2 Å². The molecule has 2 aliphatic rings. The van der Waals surface area contributed by atoms with Gasteiger partial charge in [0.05, 0.1) is 0 Å². The average Bonchev–Trinajstić information content (AvgIpc) is 3.26. The molecule has 1 N–H and O–H groups in total. The van der Waals surface area contributed by atoms with Crippen LogP contribution in [0.3, 0.4) is 0 Å². The van der Waals surface area contributed by atoms with Crippen molar-refractivity contribution in [3.63, 3.8) is 0 Å². The highest BCUT2D eigenvalue weighted by atomic mass is 16.5. The van der Waals surface area contributed by atoms with Crippen molar-refractivity contribution in [3.8, 4) is 5.75 Å². The Bertz CT molecular complexity index is 783. The number of hydrogen-bond donors (Lipinski definition) is 1. The van der Waals surface area contributed by atoms with E-state index >= 15 is 0 Å². The van der Waals surface area contributed by atoms with Gasteiger partial charge in [-0.15, -0.1) is 0 Å². The van der Waals surface area contributed by atoms with Gasteiger partial charge in [0.2, 0.25) is 0 Å². The summed E-state index contributed by atoms with van der Waals surface area (Å²) >= 11 is 0. The maximum atomic E-state index is 12.3. The molecule has 1 heterocycles. The topological polar surface area (TPSA) is 41.6 Å². The van der Waals surface area contributed by atoms with Crippen LogP contribution in [0.15, 0.2) is 48.5 Å². The predicted molar refractivity (Wildman–Crippen MR) is 107 cm³/mol. The van der Waals surface area contributed by atoms with Crippen molar-refractivity contribution in [1.29, 1.82) is 0 Å². The lowest BCUT2D eigenvalue weighted by atomic mass is 9.87. The molecule has 0 radical (unpaired) electrons. The van der Waals surface area contributed by atoms with Crippen LogP contribution in [0.1, 0.15) is 48.4 Å². The largest absolute Gasteiger partial charge is 0.483 e. The molecule has 1 fully saturated rings. The second-order valence-electron chi connectivity index (χ2n) is 7.51. The number of carbonyl (C=O) groups is 1. The Morgan fingerprint density at radius 2 is 1.81 bits per heavy atom. The van der Waals surface area contributed by atoms with Gasteiger partial charge in [0.1, 0.15) is 5.75 Å². The van der Waals surface area contributed by atoms with Crippen LogP contribution in [0.4, 0.5) is 0 Å².